The van der Waals surface area contributed by atoms with Gasteiger partial charge in [0.25, 0.3) is 0 Å². The molecule has 0 saturated heterocycles. The SMILES string of the molecule is C=C(CC)NC(N)=NC(=N)N.Cl. The molecule has 0 rings (SSSR count). The fourth-order valence-corrected chi connectivity index (χ4v) is 0.427. The minimum absolute atomic E-state index is 0. The van der Waals surface area contributed by atoms with Crippen LogP contribution in [0.3, 0.4) is 0 Å². The lowest BCUT2D eigenvalue weighted by molar-refractivity contribution is 0.977. The van der Waals surface area contributed by atoms with Crippen LogP contribution >= 0.6 is 12.4 Å². The topological polar surface area (TPSA) is 100 Å². The molecule has 70 valence electrons. The maximum atomic E-state index is 6.77. The van der Waals surface area contributed by atoms with Crippen LogP contribution in [0, 0.1) is 5.41 Å². The van der Waals surface area contributed by atoms with Gasteiger partial charge in [-0.2, -0.15) is 4.99 Å². The number of allylic oxidation sites excluding steroid dienone is 1. The fourth-order valence-electron chi connectivity index (χ4n) is 0.427. The molecule has 0 aromatic carbocycles. The minimum atomic E-state index is -0.320. The smallest absolute Gasteiger partial charge is 0.215 e. The molecule has 6 heteroatoms. The van der Waals surface area contributed by atoms with Gasteiger partial charge in [-0.1, -0.05) is 13.5 Å². The Labute approximate surface area is 77.8 Å². The van der Waals surface area contributed by atoms with Gasteiger partial charge in [0.2, 0.25) is 11.9 Å². The van der Waals surface area contributed by atoms with Crippen molar-refractivity contribution < 1.29 is 0 Å². The van der Waals surface area contributed by atoms with Gasteiger partial charge in [-0.3, -0.25) is 5.41 Å². The average molecular weight is 192 g/mol. The van der Waals surface area contributed by atoms with E-state index in [-0.39, 0.29) is 24.3 Å². The van der Waals surface area contributed by atoms with Gasteiger partial charge in [0.1, 0.15) is 0 Å². The third-order valence-corrected chi connectivity index (χ3v) is 0.973. The Balaban J connectivity index is 0. The molecule has 0 aliphatic rings. The molecule has 0 fully saturated rings. The first-order valence-corrected chi connectivity index (χ1v) is 3.19. The van der Waals surface area contributed by atoms with E-state index >= 15 is 0 Å². The Morgan fingerprint density at radius 1 is 1.58 bits per heavy atom. The number of guanidine groups is 2. The lowest BCUT2D eigenvalue weighted by Crippen LogP contribution is -2.32. The lowest BCUT2D eigenvalue weighted by Gasteiger charge is -2.04. The second-order valence-corrected chi connectivity index (χ2v) is 1.96. The van der Waals surface area contributed by atoms with E-state index in [9.17, 15) is 0 Å². The van der Waals surface area contributed by atoms with Crippen molar-refractivity contribution in [1.29, 1.82) is 5.41 Å². The van der Waals surface area contributed by atoms with Gasteiger partial charge < -0.3 is 16.8 Å². The maximum absolute atomic E-state index is 6.77. The zero-order chi connectivity index (χ0) is 8.85. The summed E-state index contributed by atoms with van der Waals surface area (Å²) in [5.41, 5.74) is 11.0. The zero-order valence-electron chi connectivity index (χ0n) is 6.92. The van der Waals surface area contributed by atoms with Gasteiger partial charge in [-0.05, 0) is 6.42 Å². The van der Waals surface area contributed by atoms with E-state index in [0.717, 1.165) is 12.1 Å². The summed E-state index contributed by atoms with van der Waals surface area (Å²) in [7, 11) is 0. The number of aliphatic imine (C=N–C) groups is 1. The average Bonchev–Trinajstić information content (AvgIpc) is 1.85. The molecular weight excluding hydrogens is 178 g/mol. The van der Waals surface area contributed by atoms with Crippen LogP contribution in [-0.2, 0) is 0 Å². The van der Waals surface area contributed by atoms with Gasteiger partial charge in [0, 0.05) is 5.70 Å². The molecule has 0 unspecified atom stereocenters. The van der Waals surface area contributed by atoms with Crippen LogP contribution in [0.1, 0.15) is 13.3 Å². The molecule has 12 heavy (non-hydrogen) atoms. The van der Waals surface area contributed by atoms with Crippen LogP contribution in [0.2, 0.25) is 0 Å². The number of hydrogen-bond acceptors (Lipinski definition) is 1. The van der Waals surface area contributed by atoms with Crippen LogP contribution in [0.15, 0.2) is 17.3 Å². The predicted molar refractivity (Wildman–Crippen MR) is 53.4 cm³/mol. The van der Waals surface area contributed by atoms with Crippen LogP contribution in [-0.4, -0.2) is 11.9 Å². The fraction of sp³-hybridized carbons (Fsp3) is 0.333. The third kappa shape index (κ3) is 6.88. The Hall–Kier alpha value is -1.23. The van der Waals surface area contributed by atoms with Crippen molar-refractivity contribution in [3.8, 4) is 0 Å². The molecule has 0 atom stereocenters. The highest BCUT2D eigenvalue weighted by Gasteiger charge is 1.92. The van der Waals surface area contributed by atoms with Crippen molar-refractivity contribution in [2.24, 2.45) is 16.5 Å². The molecule has 0 spiro atoms. The molecule has 5 nitrogen and oxygen atoms in total. The van der Waals surface area contributed by atoms with E-state index < -0.39 is 0 Å². The summed E-state index contributed by atoms with van der Waals surface area (Å²) in [6.07, 6.45) is 0.758. The van der Waals surface area contributed by atoms with Gasteiger partial charge >= 0.3 is 0 Å². The number of halogens is 1. The van der Waals surface area contributed by atoms with Crippen LogP contribution in [0.25, 0.3) is 0 Å². The van der Waals surface area contributed by atoms with E-state index in [0.29, 0.717) is 0 Å². The van der Waals surface area contributed by atoms with Crippen molar-refractivity contribution in [2.45, 2.75) is 13.3 Å². The minimum Gasteiger partial charge on any atom is -0.369 e. The van der Waals surface area contributed by atoms with Crippen LogP contribution in [0.4, 0.5) is 0 Å². The van der Waals surface area contributed by atoms with E-state index in [1.54, 1.807) is 0 Å². The van der Waals surface area contributed by atoms with Gasteiger partial charge in [0.05, 0.1) is 0 Å². The molecule has 0 bridgehead atoms. The van der Waals surface area contributed by atoms with Crippen molar-refractivity contribution in [2.75, 3.05) is 0 Å². The Bertz CT molecular complexity index is 198. The number of hydrogen-bond donors (Lipinski definition) is 4. The highest BCUT2D eigenvalue weighted by molar-refractivity contribution is 5.92. The second kappa shape index (κ2) is 6.48. The van der Waals surface area contributed by atoms with Crippen LogP contribution < -0.4 is 16.8 Å². The molecule has 0 saturated carbocycles. The molecule has 6 N–H and O–H groups in total. The molecule has 0 aliphatic carbocycles. The number of nitrogens with one attached hydrogen (secondary N) is 2. The molecule has 0 aromatic heterocycles. The summed E-state index contributed by atoms with van der Waals surface area (Å²) in [6.45, 7) is 5.56. The summed E-state index contributed by atoms with van der Waals surface area (Å²) in [4.78, 5) is 3.45. The second-order valence-electron chi connectivity index (χ2n) is 1.96. The first-order valence-electron chi connectivity index (χ1n) is 3.19. The first kappa shape index (κ1) is 13.4. The number of nitrogens with zero attached hydrogens (tertiary/aromatic N) is 1. The normalized spacial score (nSPS) is 9.92. The quantitative estimate of drug-likeness (QED) is 0.369. The summed E-state index contributed by atoms with van der Waals surface area (Å²) in [5, 5.41) is 9.44. The number of rotatable bonds is 2. The highest BCUT2D eigenvalue weighted by atomic mass is 35.5. The largest absolute Gasteiger partial charge is 0.369 e. The third-order valence-electron chi connectivity index (χ3n) is 0.973. The molecule has 0 aromatic rings. The zero-order valence-corrected chi connectivity index (χ0v) is 7.74. The van der Waals surface area contributed by atoms with Crippen LogP contribution in [0.5, 0.6) is 0 Å². The van der Waals surface area contributed by atoms with Crippen molar-refractivity contribution in [1.82, 2.24) is 5.32 Å². The summed E-state index contributed by atoms with van der Waals surface area (Å²) in [6, 6.07) is 0. The van der Waals surface area contributed by atoms with E-state index in [2.05, 4.69) is 16.9 Å². The van der Waals surface area contributed by atoms with E-state index in [1.807, 2.05) is 6.92 Å². The van der Waals surface area contributed by atoms with Gasteiger partial charge in [-0.15, -0.1) is 12.4 Å². The summed E-state index contributed by atoms with van der Waals surface area (Å²) < 4.78 is 0. The number of nitrogens with two attached hydrogens (primary N) is 2. The molecular formula is C6H14ClN5. The van der Waals surface area contributed by atoms with Gasteiger partial charge in [0.15, 0.2) is 0 Å². The molecule has 0 amide bonds. The van der Waals surface area contributed by atoms with Gasteiger partial charge in [-0.25, -0.2) is 0 Å². The standard InChI is InChI=1S/C6H13N5.ClH/c1-3-4(2)10-6(9)11-5(7)8;/h2-3H2,1H3,(H6,7,8,9,10,11);1H. The molecule has 0 heterocycles. The Morgan fingerprint density at radius 2 is 2.08 bits per heavy atom. The first-order chi connectivity index (χ1) is 5.06. The summed E-state index contributed by atoms with van der Waals surface area (Å²) in [5.74, 6) is -0.219. The Kier molecular flexibility index (Phi) is 7.22. The van der Waals surface area contributed by atoms with Crippen molar-refractivity contribution >= 4 is 24.3 Å². The van der Waals surface area contributed by atoms with E-state index in [4.69, 9.17) is 16.9 Å². The highest BCUT2D eigenvalue weighted by Crippen LogP contribution is 1.87. The Morgan fingerprint density at radius 3 is 2.42 bits per heavy atom. The monoisotopic (exact) mass is 191 g/mol. The van der Waals surface area contributed by atoms with Crippen molar-refractivity contribution in [3.63, 3.8) is 0 Å². The maximum Gasteiger partial charge on any atom is 0.215 e. The van der Waals surface area contributed by atoms with Crippen molar-refractivity contribution in [3.05, 3.63) is 12.3 Å². The predicted octanol–water partition coefficient (Wildman–Crippen LogP) is 0.130. The van der Waals surface area contributed by atoms with E-state index in [1.165, 1.54) is 0 Å². The summed E-state index contributed by atoms with van der Waals surface area (Å²) >= 11 is 0. The lowest BCUT2D eigenvalue weighted by atomic mass is 10.4. The molecule has 0 aliphatic heterocycles. The molecule has 0 radical (unpaired) electrons.